The summed E-state index contributed by atoms with van der Waals surface area (Å²) >= 11 is 1.43. The Labute approximate surface area is 120 Å². The second-order valence-electron chi connectivity index (χ2n) is 4.68. The van der Waals surface area contributed by atoms with Crippen molar-refractivity contribution in [3.05, 3.63) is 53.2 Å². The highest BCUT2D eigenvalue weighted by Gasteiger charge is 2.15. The average Bonchev–Trinajstić information content (AvgIpc) is 3.04. The Morgan fingerprint density at radius 3 is 3.05 bits per heavy atom. The van der Waals surface area contributed by atoms with Crippen LogP contribution in [0.25, 0.3) is 10.1 Å². The van der Waals surface area contributed by atoms with E-state index < -0.39 is 6.10 Å². The quantitative estimate of drug-likeness (QED) is 0.798. The van der Waals surface area contributed by atoms with Crippen molar-refractivity contribution in [1.29, 1.82) is 0 Å². The number of hydrogen-bond donors (Lipinski definition) is 1. The first-order valence-corrected chi connectivity index (χ1v) is 7.36. The van der Waals surface area contributed by atoms with Crippen molar-refractivity contribution in [2.24, 2.45) is 0 Å². The van der Waals surface area contributed by atoms with Crippen LogP contribution < -0.4 is 0 Å². The number of halogens is 1. The maximum Gasteiger partial charge on any atom is 0.124 e. The zero-order valence-corrected chi connectivity index (χ0v) is 11.9. The molecule has 0 amide bonds. The molecule has 3 aromatic rings. The molecular formula is C15H15FN2OS. The summed E-state index contributed by atoms with van der Waals surface area (Å²) in [5.41, 5.74) is 0. The van der Waals surface area contributed by atoms with Crippen molar-refractivity contribution >= 4 is 21.4 Å². The normalized spacial score (nSPS) is 12.9. The van der Waals surface area contributed by atoms with Crippen molar-refractivity contribution in [3.63, 3.8) is 0 Å². The van der Waals surface area contributed by atoms with E-state index in [0.717, 1.165) is 27.3 Å². The molecule has 20 heavy (non-hydrogen) atoms. The fourth-order valence-electron chi connectivity index (χ4n) is 2.28. The van der Waals surface area contributed by atoms with Gasteiger partial charge in [0.2, 0.25) is 0 Å². The van der Waals surface area contributed by atoms with E-state index in [0.29, 0.717) is 6.42 Å². The summed E-state index contributed by atoms with van der Waals surface area (Å²) in [6.45, 7) is 2.87. The molecule has 0 radical (unpaired) electrons. The number of benzene rings is 1. The van der Waals surface area contributed by atoms with Gasteiger partial charge in [0.1, 0.15) is 11.6 Å². The highest BCUT2D eigenvalue weighted by molar-refractivity contribution is 7.19. The maximum absolute atomic E-state index is 13.2. The van der Waals surface area contributed by atoms with E-state index in [-0.39, 0.29) is 5.82 Å². The van der Waals surface area contributed by atoms with Crippen molar-refractivity contribution < 1.29 is 9.50 Å². The van der Waals surface area contributed by atoms with Gasteiger partial charge in [-0.3, -0.25) is 0 Å². The lowest BCUT2D eigenvalue weighted by Crippen LogP contribution is -2.07. The second-order valence-corrected chi connectivity index (χ2v) is 5.80. The molecule has 0 spiro atoms. The third-order valence-electron chi connectivity index (χ3n) is 3.35. The summed E-state index contributed by atoms with van der Waals surface area (Å²) in [4.78, 5) is 5.11. The average molecular weight is 290 g/mol. The van der Waals surface area contributed by atoms with Crippen LogP contribution in [0.15, 0.2) is 36.7 Å². The smallest absolute Gasteiger partial charge is 0.124 e. The zero-order chi connectivity index (χ0) is 14.1. The van der Waals surface area contributed by atoms with Gasteiger partial charge >= 0.3 is 0 Å². The Morgan fingerprint density at radius 2 is 2.25 bits per heavy atom. The van der Waals surface area contributed by atoms with Crippen LogP contribution in [-0.4, -0.2) is 14.7 Å². The van der Waals surface area contributed by atoms with E-state index in [2.05, 4.69) is 4.98 Å². The van der Waals surface area contributed by atoms with Gasteiger partial charge < -0.3 is 9.67 Å². The molecule has 1 atom stereocenters. The van der Waals surface area contributed by atoms with Gasteiger partial charge in [-0.15, -0.1) is 11.3 Å². The van der Waals surface area contributed by atoms with Crippen LogP contribution in [0.4, 0.5) is 4.39 Å². The number of aromatic nitrogens is 2. The molecule has 0 aliphatic rings. The van der Waals surface area contributed by atoms with Gasteiger partial charge in [-0.2, -0.15) is 0 Å². The lowest BCUT2D eigenvalue weighted by Gasteiger charge is -2.09. The molecule has 3 nitrogen and oxygen atoms in total. The number of fused-ring (bicyclic) bond motifs is 1. The lowest BCUT2D eigenvalue weighted by molar-refractivity contribution is 0.178. The van der Waals surface area contributed by atoms with Crippen LogP contribution in [0.3, 0.4) is 0 Å². The molecule has 2 aromatic heterocycles. The van der Waals surface area contributed by atoms with Crippen molar-refractivity contribution in [3.8, 4) is 0 Å². The first-order chi connectivity index (χ1) is 9.67. The highest BCUT2D eigenvalue weighted by Crippen LogP contribution is 2.31. The molecule has 2 heterocycles. The van der Waals surface area contributed by atoms with Crippen LogP contribution in [0.5, 0.6) is 0 Å². The number of rotatable bonds is 4. The Hall–Kier alpha value is -1.72. The molecule has 1 unspecified atom stereocenters. The second kappa shape index (κ2) is 5.34. The molecule has 0 aliphatic carbocycles. The molecule has 0 bridgehead atoms. The number of imidazole rings is 1. The van der Waals surface area contributed by atoms with E-state index in [1.807, 2.05) is 23.8 Å². The molecular weight excluding hydrogens is 275 g/mol. The minimum atomic E-state index is -0.608. The van der Waals surface area contributed by atoms with Gasteiger partial charge in [0.25, 0.3) is 0 Å². The molecule has 0 fully saturated rings. The third kappa shape index (κ3) is 2.46. The van der Waals surface area contributed by atoms with Gasteiger partial charge in [0.05, 0.1) is 6.10 Å². The van der Waals surface area contributed by atoms with Crippen LogP contribution in [0, 0.1) is 5.82 Å². The summed E-state index contributed by atoms with van der Waals surface area (Å²) in [7, 11) is 0. The lowest BCUT2D eigenvalue weighted by atomic mass is 10.2. The first-order valence-electron chi connectivity index (χ1n) is 6.54. The van der Waals surface area contributed by atoms with Crippen LogP contribution in [0.2, 0.25) is 0 Å². The van der Waals surface area contributed by atoms with Crippen molar-refractivity contribution in [2.45, 2.75) is 26.0 Å². The third-order valence-corrected chi connectivity index (χ3v) is 4.55. The largest absolute Gasteiger partial charge is 0.387 e. The molecule has 5 heteroatoms. The molecule has 0 aliphatic heterocycles. The topological polar surface area (TPSA) is 38.0 Å². The Kier molecular flexibility index (Phi) is 3.54. The maximum atomic E-state index is 13.2. The molecule has 104 valence electrons. The summed E-state index contributed by atoms with van der Waals surface area (Å²) in [6.07, 6.45) is 3.51. The molecule has 1 aromatic carbocycles. The first kappa shape index (κ1) is 13.3. The number of nitrogens with zero attached hydrogens (tertiary/aromatic N) is 2. The van der Waals surface area contributed by atoms with Crippen LogP contribution >= 0.6 is 11.3 Å². The number of hydrogen-bond acceptors (Lipinski definition) is 3. The molecule has 3 rings (SSSR count). The molecule has 0 saturated heterocycles. The number of aliphatic hydroxyl groups excluding tert-OH is 1. The van der Waals surface area contributed by atoms with Crippen molar-refractivity contribution in [2.75, 3.05) is 0 Å². The Morgan fingerprint density at radius 1 is 1.40 bits per heavy atom. The van der Waals surface area contributed by atoms with E-state index in [1.54, 1.807) is 12.3 Å². The predicted molar refractivity (Wildman–Crippen MR) is 78.3 cm³/mol. The number of aliphatic hydroxyl groups is 1. The fourth-order valence-corrected chi connectivity index (χ4v) is 3.36. The van der Waals surface area contributed by atoms with Gasteiger partial charge in [-0.1, -0.05) is 6.07 Å². The van der Waals surface area contributed by atoms with Crippen LogP contribution in [0.1, 0.15) is 23.7 Å². The monoisotopic (exact) mass is 290 g/mol. The number of aryl methyl sites for hydroxylation is 1. The minimum Gasteiger partial charge on any atom is -0.387 e. The summed E-state index contributed by atoms with van der Waals surface area (Å²) < 4.78 is 16.1. The Balaban J connectivity index is 1.86. The standard InChI is InChI=1S/C15H15FN2OS/c1-2-18-6-5-17-15(18)9-12(19)14-7-10-3-4-11(16)8-13(10)20-14/h3-8,12,19H,2,9H2,1H3. The summed E-state index contributed by atoms with van der Waals surface area (Å²) in [5.74, 6) is 0.616. The predicted octanol–water partition coefficient (Wildman–Crippen LogP) is 3.53. The SMILES string of the molecule is CCn1ccnc1CC(O)c1cc2ccc(F)cc2s1. The van der Waals surface area contributed by atoms with E-state index in [1.165, 1.54) is 23.5 Å². The number of thiophene rings is 1. The van der Waals surface area contributed by atoms with Gasteiger partial charge in [0.15, 0.2) is 0 Å². The summed E-state index contributed by atoms with van der Waals surface area (Å²) in [6, 6.07) is 6.60. The summed E-state index contributed by atoms with van der Waals surface area (Å²) in [5, 5.41) is 11.3. The van der Waals surface area contributed by atoms with Gasteiger partial charge in [-0.05, 0) is 30.5 Å². The fraction of sp³-hybridized carbons (Fsp3) is 0.267. The van der Waals surface area contributed by atoms with Crippen molar-refractivity contribution in [1.82, 2.24) is 9.55 Å². The Bertz CT molecular complexity index is 734. The highest BCUT2D eigenvalue weighted by atomic mass is 32.1. The van der Waals surface area contributed by atoms with E-state index in [4.69, 9.17) is 0 Å². The minimum absolute atomic E-state index is 0.248. The van der Waals surface area contributed by atoms with Gasteiger partial charge in [0, 0.05) is 34.9 Å². The zero-order valence-electron chi connectivity index (χ0n) is 11.1. The molecule has 1 N–H and O–H groups in total. The molecule has 0 saturated carbocycles. The van der Waals surface area contributed by atoms with E-state index in [9.17, 15) is 9.50 Å². The van der Waals surface area contributed by atoms with Gasteiger partial charge in [-0.25, -0.2) is 9.37 Å². The van der Waals surface area contributed by atoms with Crippen LogP contribution in [-0.2, 0) is 13.0 Å². The van der Waals surface area contributed by atoms with E-state index >= 15 is 0 Å².